The molecule has 0 bridgehead atoms. The van der Waals surface area contributed by atoms with Crippen molar-refractivity contribution in [2.75, 3.05) is 7.11 Å². The smallest absolute Gasteiger partial charge is 0.242 e. The van der Waals surface area contributed by atoms with E-state index in [1.165, 1.54) is 0 Å². The van der Waals surface area contributed by atoms with Crippen LogP contribution in [-0.4, -0.2) is 15.4 Å². The van der Waals surface area contributed by atoms with Crippen LogP contribution in [0.3, 0.4) is 0 Å². The predicted molar refractivity (Wildman–Crippen MR) is 64.9 cm³/mol. The lowest BCUT2D eigenvalue weighted by atomic mass is 10.2. The van der Waals surface area contributed by atoms with Gasteiger partial charge in [-0.3, -0.25) is 0 Å². The summed E-state index contributed by atoms with van der Waals surface area (Å²) in [6.45, 7) is 6.94. The number of hydrogen-bond acceptors (Lipinski definition) is 3. The number of methoxy groups -OCH3 is 1. The molecule has 3 nitrogen and oxygen atoms in total. The summed E-state index contributed by atoms with van der Waals surface area (Å²) >= 11 is 0. The van der Waals surface area contributed by atoms with E-state index >= 15 is 0 Å². The van der Waals surface area contributed by atoms with Crippen LogP contribution in [0.4, 0.5) is 0 Å². The quantitative estimate of drug-likeness (QED) is 0.800. The van der Waals surface area contributed by atoms with Gasteiger partial charge in [0.15, 0.2) is 5.75 Å². The normalized spacial score (nSPS) is 11.3. The molecule has 15 heavy (non-hydrogen) atoms. The van der Waals surface area contributed by atoms with Gasteiger partial charge in [-0.2, -0.15) is 0 Å². The van der Waals surface area contributed by atoms with E-state index in [2.05, 4.69) is 19.6 Å². The fourth-order valence-electron chi connectivity index (χ4n) is 1.26. The second kappa shape index (κ2) is 4.68. The van der Waals surface area contributed by atoms with Crippen LogP contribution in [0.15, 0.2) is 18.2 Å². The van der Waals surface area contributed by atoms with Crippen molar-refractivity contribution < 1.29 is 9.16 Å². The lowest BCUT2D eigenvalue weighted by Crippen LogP contribution is -2.29. The van der Waals surface area contributed by atoms with Crippen LogP contribution < -0.4 is 14.9 Å². The minimum Gasteiger partial charge on any atom is -0.542 e. The van der Waals surface area contributed by atoms with E-state index in [1.54, 1.807) is 7.11 Å². The topological polar surface area (TPSA) is 44.5 Å². The maximum Gasteiger partial charge on any atom is 0.242 e. The van der Waals surface area contributed by atoms with E-state index in [-0.39, 0.29) is 0 Å². The molecule has 1 aromatic carbocycles. The van der Waals surface area contributed by atoms with Crippen molar-refractivity contribution in [1.82, 2.24) is 0 Å². The van der Waals surface area contributed by atoms with E-state index in [9.17, 15) is 0 Å². The Kier molecular flexibility index (Phi) is 3.76. The molecule has 0 saturated heterocycles. The third kappa shape index (κ3) is 3.57. The van der Waals surface area contributed by atoms with Crippen LogP contribution in [0.25, 0.3) is 0 Å². The van der Waals surface area contributed by atoms with Crippen LogP contribution in [0, 0.1) is 0 Å². The standard InChI is InChI=1S/C11H19NO2Si/c1-13-10-6-5-9(8-12)7-11(10)14-15(2,3)4/h5-7H,8,12H2,1-4H3. The first kappa shape index (κ1) is 12.1. The van der Waals surface area contributed by atoms with Crippen molar-refractivity contribution in [3.63, 3.8) is 0 Å². The number of hydrogen-bond donors (Lipinski definition) is 1. The first-order chi connectivity index (χ1) is 6.96. The summed E-state index contributed by atoms with van der Waals surface area (Å²) in [5, 5.41) is 0. The molecule has 0 amide bonds. The number of ether oxygens (including phenoxy) is 1. The summed E-state index contributed by atoms with van der Waals surface area (Å²) in [6, 6.07) is 5.81. The molecule has 0 aliphatic heterocycles. The van der Waals surface area contributed by atoms with Gasteiger partial charge in [0.25, 0.3) is 0 Å². The molecular formula is C11H19NO2Si. The van der Waals surface area contributed by atoms with Crippen molar-refractivity contribution in [1.29, 1.82) is 0 Å². The summed E-state index contributed by atoms with van der Waals surface area (Å²) in [7, 11) is 0.0452. The molecule has 0 unspecified atom stereocenters. The van der Waals surface area contributed by atoms with Crippen molar-refractivity contribution in [3.05, 3.63) is 23.8 Å². The summed E-state index contributed by atoms with van der Waals surface area (Å²) < 4.78 is 11.2. The number of nitrogens with two attached hydrogens (primary N) is 1. The predicted octanol–water partition coefficient (Wildman–Crippen LogP) is 2.37. The van der Waals surface area contributed by atoms with E-state index in [0.29, 0.717) is 6.54 Å². The minimum absolute atomic E-state index is 0.520. The Hall–Kier alpha value is -1.00. The van der Waals surface area contributed by atoms with Gasteiger partial charge < -0.3 is 14.9 Å². The van der Waals surface area contributed by atoms with Gasteiger partial charge in [0, 0.05) is 6.54 Å². The maximum atomic E-state index is 5.92. The zero-order valence-corrected chi connectivity index (χ0v) is 10.8. The van der Waals surface area contributed by atoms with Crippen LogP contribution in [0.2, 0.25) is 19.6 Å². The third-order valence-electron chi connectivity index (χ3n) is 1.88. The molecule has 0 fully saturated rings. The zero-order chi connectivity index (χ0) is 11.5. The molecule has 84 valence electrons. The van der Waals surface area contributed by atoms with Crippen molar-refractivity contribution in [2.24, 2.45) is 5.73 Å². The minimum atomic E-state index is -1.60. The van der Waals surface area contributed by atoms with Crippen LogP contribution in [-0.2, 0) is 6.54 Å². The van der Waals surface area contributed by atoms with Crippen molar-refractivity contribution in [3.8, 4) is 11.5 Å². The first-order valence-corrected chi connectivity index (χ1v) is 8.43. The van der Waals surface area contributed by atoms with Crippen LogP contribution >= 0.6 is 0 Å². The fraction of sp³-hybridized carbons (Fsp3) is 0.455. The monoisotopic (exact) mass is 225 g/mol. The Balaban J connectivity index is 3.01. The van der Waals surface area contributed by atoms with E-state index in [0.717, 1.165) is 17.1 Å². The SMILES string of the molecule is COc1ccc(CN)cc1O[Si](C)(C)C. The lowest BCUT2D eigenvalue weighted by molar-refractivity contribution is 0.392. The fourth-order valence-corrected chi connectivity index (χ4v) is 2.08. The third-order valence-corrected chi connectivity index (χ3v) is 2.71. The molecule has 0 spiro atoms. The van der Waals surface area contributed by atoms with E-state index in [1.807, 2.05) is 18.2 Å². The molecule has 0 aromatic heterocycles. The van der Waals surface area contributed by atoms with Crippen molar-refractivity contribution >= 4 is 8.32 Å². The van der Waals surface area contributed by atoms with Gasteiger partial charge in [-0.15, -0.1) is 0 Å². The molecule has 0 radical (unpaired) electrons. The average Bonchev–Trinajstić information content (AvgIpc) is 2.15. The zero-order valence-electron chi connectivity index (χ0n) is 9.83. The second-order valence-corrected chi connectivity index (χ2v) is 8.83. The highest BCUT2D eigenvalue weighted by molar-refractivity contribution is 6.70. The van der Waals surface area contributed by atoms with Gasteiger partial charge in [-0.25, -0.2) is 0 Å². The summed E-state index contributed by atoms with van der Waals surface area (Å²) in [6.07, 6.45) is 0. The lowest BCUT2D eigenvalue weighted by Gasteiger charge is -2.21. The van der Waals surface area contributed by atoms with Gasteiger partial charge in [0.05, 0.1) is 7.11 Å². The average molecular weight is 225 g/mol. The molecule has 1 rings (SSSR count). The Bertz CT molecular complexity index is 334. The Morgan fingerprint density at radius 2 is 1.87 bits per heavy atom. The number of benzene rings is 1. The van der Waals surface area contributed by atoms with Gasteiger partial charge in [0.2, 0.25) is 8.32 Å². The highest BCUT2D eigenvalue weighted by atomic mass is 28.4. The highest BCUT2D eigenvalue weighted by Crippen LogP contribution is 2.30. The molecule has 0 atom stereocenters. The van der Waals surface area contributed by atoms with E-state index in [4.69, 9.17) is 14.9 Å². The molecule has 2 N–H and O–H groups in total. The second-order valence-electron chi connectivity index (χ2n) is 4.40. The first-order valence-electron chi connectivity index (χ1n) is 5.02. The maximum absolute atomic E-state index is 5.92. The molecule has 0 aliphatic carbocycles. The summed E-state index contributed by atoms with van der Waals surface area (Å²) in [5.41, 5.74) is 6.65. The van der Waals surface area contributed by atoms with Gasteiger partial charge >= 0.3 is 0 Å². The van der Waals surface area contributed by atoms with Crippen LogP contribution in [0.5, 0.6) is 11.5 Å². The van der Waals surface area contributed by atoms with Crippen LogP contribution in [0.1, 0.15) is 5.56 Å². The summed E-state index contributed by atoms with van der Waals surface area (Å²) in [5.74, 6) is 1.58. The molecule has 0 saturated carbocycles. The molecular weight excluding hydrogens is 206 g/mol. The molecule has 1 aromatic rings. The van der Waals surface area contributed by atoms with Gasteiger partial charge in [-0.05, 0) is 37.3 Å². The molecule has 0 heterocycles. The molecule has 4 heteroatoms. The Morgan fingerprint density at radius 1 is 1.20 bits per heavy atom. The Morgan fingerprint density at radius 3 is 2.33 bits per heavy atom. The highest BCUT2D eigenvalue weighted by Gasteiger charge is 2.18. The van der Waals surface area contributed by atoms with Gasteiger partial charge in [0.1, 0.15) is 5.75 Å². The largest absolute Gasteiger partial charge is 0.542 e. The number of rotatable bonds is 4. The Labute approximate surface area is 92.3 Å². The summed E-state index contributed by atoms with van der Waals surface area (Å²) in [4.78, 5) is 0. The van der Waals surface area contributed by atoms with Crippen molar-refractivity contribution in [2.45, 2.75) is 26.2 Å². The van der Waals surface area contributed by atoms with E-state index < -0.39 is 8.32 Å². The molecule has 0 aliphatic rings. The van der Waals surface area contributed by atoms with Gasteiger partial charge in [-0.1, -0.05) is 6.07 Å².